The number of benzene rings is 1. The minimum atomic E-state index is -1.07. The van der Waals surface area contributed by atoms with Gasteiger partial charge in [0.1, 0.15) is 23.4 Å². The Balaban J connectivity index is 1.91. The first kappa shape index (κ1) is 21.6. The van der Waals surface area contributed by atoms with Gasteiger partial charge < -0.3 is 14.6 Å². The smallest absolute Gasteiger partial charge is 0.338 e. The molecule has 7 nitrogen and oxygen atoms in total. The molecule has 3 aromatic rings. The van der Waals surface area contributed by atoms with Gasteiger partial charge in [-0.25, -0.2) is 27.9 Å². The first-order chi connectivity index (χ1) is 15.4. The Labute approximate surface area is 185 Å². The molecule has 1 N–H and O–H groups in total. The minimum absolute atomic E-state index is 0.0101. The van der Waals surface area contributed by atoms with Crippen molar-refractivity contribution in [2.75, 3.05) is 7.11 Å². The molecule has 0 bridgehead atoms. The number of halogens is 4. The zero-order valence-corrected chi connectivity index (χ0v) is 17.3. The summed E-state index contributed by atoms with van der Waals surface area (Å²) in [4.78, 5) is 24.9. The van der Waals surface area contributed by atoms with Crippen molar-refractivity contribution in [1.82, 2.24) is 19.9 Å². The number of nitrogens with one attached hydrogen (secondary N) is 1. The number of carbonyl (C=O) groups is 1. The SMILES string of the molecule is COC(=O)C1=C(Cn2ccnc2)NC(c2ncc(F)cc2F)=N[C@H]1c1ccc(F)cc1Cl. The number of pyridine rings is 1. The van der Waals surface area contributed by atoms with Crippen LogP contribution in [0.3, 0.4) is 0 Å². The zero-order valence-electron chi connectivity index (χ0n) is 16.5. The normalized spacial score (nSPS) is 15.9. The molecule has 1 aromatic carbocycles. The summed E-state index contributed by atoms with van der Waals surface area (Å²) in [5, 5.41) is 2.91. The lowest BCUT2D eigenvalue weighted by molar-refractivity contribution is -0.136. The monoisotopic (exact) mass is 461 g/mol. The quantitative estimate of drug-likeness (QED) is 0.587. The summed E-state index contributed by atoms with van der Waals surface area (Å²) in [6.45, 7) is 0.113. The fourth-order valence-electron chi connectivity index (χ4n) is 3.29. The van der Waals surface area contributed by atoms with Crippen molar-refractivity contribution in [2.45, 2.75) is 12.6 Å². The molecule has 1 aliphatic rings. The molecule has 1 aliphatic heterocycles. The number of rotatable bonds is 5. The number of nitrogens with zero attached hydrogens (tertiary/aromatic N) is 4. The van der Waals surface area contributed by atoms with Gasteiger partial charge in [0.05, 0.1) is 31.8 Å². The average molecular weight is 462 g/mol. The van der Waals surface area contributed by atoms with E-state index in [2.05, 4.69) is 20.3 Å². The van der Waals surface area contributed by atoms with Gasteiger partial charge in [-0.2, -0.15) is 0 Å². The van der Waals surface area contributed by atoms with Crippen LogP contribution in [-0.2, 0) is 16.1 Å². The number of hydrogen-bond acceptors (Lipinski definition) is 6. The fraction of sp³-hybridized carbons (Fsp3) is 0.143. The van der Waals surface area contributed by atoms with Crippen molar-refractivity contribution in [3.63, 3.8) is 0 Å². The van der Waals surface area contributed by atoms with Crippen molar-refractivity contribution in [1.29, 1.82) is 0 Å². The number of amidine groups is 1. The number of imidazole rings is 1. The lowest BCUT2D eigenvalue weighted by Gasteiger charge is -2.28. The molecule has 0 unspecified atom stereocenters. The molecule has 0 aliphatic carbocycles. The van der Waals surface area contributed by atoms with Gasteiger partial charge in [-0.15, -0.1) is 0 Å². The Morgan fingerprint density at radius 2 is 2.06 bits per heavy atom. The summed E-state index contributed by atoms with van der Waals surface area (Å²) >= 11 is 6.25. The molecule has 0 radical (unpaired) electrons. The van der Waals surface area contributed by atoms with Crippen molar-refractivity contribution in [2.24, 2.45) is 4.99 Å². The first-order valence-corrected chi connectivity index (χ1v) is 9.63. The van der Waals surface area contributed by atoms with Gasteiger partial charge in [0.2, 0.25) is 0 Å². The van der Waals surface area contributed by atoms with Crippen molar-refractivity contribution >= 4 is 23.4 Å². The van der Waals surface area contributed by atoms with Crippen molar-refractivity contribution < 1.29 is 22.7 Å². The number of allylic oxidation sites excluding steroid dienone is 1. The van der Waals surface area contributed by atoms with Gasteiger partial charge in [-0.3, -0.25) is 4.99 Å². The van der Waals surface area contributed by atoms with Gasteiger partial charge in [-0.05, 0) is 12.1 Å². The van der Waals surface area contributed by atoms with E-state index < -0.39 is 29.5 Å². The second-order valence-electron chi connectivity index (χ2n) is 6.77. The topological polar surface area (TPSA) is 81.4 Å². The standard InChI is InChI=1S/C21H15ClF3N5O2/c1-32-21(31)17-16(9-30-5-4-26-10-30)28-20(19-15(25)7-12(24)8-27-19)29-18(17)13-3-2-11(23)6-14(13)22/h2-8,10,18H,9H2,1H3,(H,28,29)/t18-/m0/s1. The van der Waals surface area contributed by atoms with Gasteiger partial charge in [0, 0.05) is 34.7 Å². The van der Waals surface area contributed by atoms with Crippen LogP contribution in [0, 0.1) is 17.5 Å². The summed E-state index contributed by atoms with van der Waals surface area (Å²) in [5.41, 5.74) is 0.413. The summed E-state index contributed by atoms with van der Waals surface area (Å²) < 4.78 is 48.2. The number of methoxy groups -OCH3 is 1. The predicted molar refractivity (Wildman–Crippen MR) is 109 cm³/mol. The van der Waals surface area contributed by atoms with E-state index in [4.69, 9.17) is 16.3 Å². The summed E-state index contributed by atoms with van der Waals surface area (Å²) in [7, 11) is 1.20. The van der Waals surface area contributed by atoms with Gasteiger partial charge in [-0.1, -0.05) is 17.7 Å². The van der Waals surface area contributed by atoms with E-state index in [0.717, 1.165) is 12.3 Å². The maximum Gasteiger partial charge on any atom is 0.338 e. The molecule has 3 heterocycles. The van der Waals surface area contributed by atoms with Crippen LogP contribution in [0.2, 0.25) is 5.02 Å². The predicted octanol–water partition coefficient (Wildman–Crippen LogP) is 3.57. The molecular weight excluding hydrogens is 447 g/mol. The molecule has 32 heavy (non-hydrogen) atoms. The number of carbonyl (C=O) groups excluding carboxylic acids is 1. The lowest BCUT2D eigenvalue weighted by atomic mass is 9.95. The van der Waals surface area contributed by atoms with Crippen LogP contribution in [-0.4, -0.2) is 33.4 Å². The maximum atomic E-state index is 14.5. The van der Waals surface area contributed by atoms with Gasteiger partial charge in [0.15, 0.2) is 11.7 Å². The number of aliphatic imine (C=N–C) groups is 1. The van der Waals surface area contributed by atoms with Crippen LogP contribution in [0.15, 0.2) is 65.4 Å². The Morgan fingerprint density at radius 3 is 2.72 bits per heavy atom. The van der Waals surface area contributed by atoms with Gasteiger partial charge >= 0.3 is 5.97 Å². The van der Waals surface area contributed by atoms with E-state index in [1.54, 1.807) is 17.0 Å². The summed E-state index contributed by atoms with van der Waals surface area (Å²) in [6, 6.07) is 3.22. The molecule has 0 saturated heterocycles. The van der Waals surface area contributed by atoms with E-state index in [-0.39, 0.29) is 34.2 Å². The summed E-state index contributed by atoms with van der Waals surface area (Å²) in [6.07, 6.45) is 5.57. The molecular formula is C21H15ClF3N5O2. The fourth-order valence-corrected chi connectivity index (χ4v) is 3.56. The zero-order chi connectivity index (χ0) is 22.8. The molecule has 0 saturated carbocycles. The number of ether oxygens (including phenoxy) is 1. The third-order valence-corrected chi connectivity index (χ3v) is 5.05. The Bertz CT molecular complexity index is 1240. The minimum Gasteiger partial charge on any atom is -0.466 e. The highest BCUT2D eigenvalue weighted by molar-refractivity contribution is 6.31. The average Bonchev–Trinajstić information content (AvgIpc) is 3.26. The molecule has 1 atom stereocenters. The van der Waals surface area contributed by atoms with Crippen molar-refractivity contribution in [3.8, 4) is 0 Å². The van der Waals surface area contributed by atoms with Crippen LogP contribution in [0.25, 0.3) is 0 Å². The highest BCUT2D eigenvalue weighted by Crippen LogP contribution is 2.36. The van der Waals surface area contributed by atoms with E-state index >= 15 is 0 Å². The van der Waals surface area contributed by atoms with Gasteiger partial charge in [0.25, 0.3) is 0 Å². The van der Waals surface area contributed by atoms with Crippen LogP contribution in [0.5, 0.6) is 0 Å². The highest BCUT2D eigenvalue weighted by atomic mass is 35.5. The molecule has 0 spiro atoms. The Kier molecular flexibility index (Phi) is 5.95. The van der Waals surface area contributed by atoms with E-state index in [1.807, 2.05) is 0 Å². The molecule has 11 heteroatoms. The molecule has 0 fully saturated rings. The van der Waals surface area contributed by atoms with Crippen LogP contribution in [0.4, 0.5) is 13.2 Å². The maximum absolute atomic E-state index is 14.5. The Morgan fingerprint density at radius 1 is 1.25 bits per heavy atom. The second kappa shape index (κ2) is 8.83. The highest BCUT2D eigenvalue weighted by Gasteiger charge is 2.34. The van der Waals surface area contributed by atoms with Crippen LogP contribution < -0.4 is 5.32 Å². The van der Waals surface area contributed by atoms with E-state index in [0.29, 0.717) is 11.8 Å². The third kappa shape index (κ3) is 4.22. The number of aromatic nitrogens is 3. The van der Waals surface area contributed by atoms with E-state index in [9.17, 15) is 18.0 Å². The number of hydrogen-bond donors (Lipinski definition) is 1. The number of esters is 1. The molecule has 164 valence electrons. The van der Waals surface area contributed by atoms with Crippen molar-refractivity contribution in [3.05, 3.63) is 94.2 Å². The molecule has 0 amide bonds. The lowest BCUT2D eigenvalue weighted by Crippen LogP contribution is -2.36. The van der Waals surface area contributed by atoms with Crippen LogP contribution >= 0.6 is 11.6 Å². The second-order valence-corrected chi connectivity index (χ2v) is 7.18. The Hall–Kier alpha value is -3.66. The van der Waals surface area contributed by atoms with E-state index in [1.165, 1.54) is 25.6 Å². The molecule has 2 aromatic heterocycles. The first-order valence-electron chi connectivity index (χ1n) is 9.25. The largest absolute Gasteiger partial charge is 0.466 e. The third-order valence-electron chi connectivity index (χ3n) is 4.72. The summed E-state index contributed by atoms with van der Waals surface area (Å²) in [5.74, 6) is -3.16. The molecule has 4 rings (SSSR count). The van der Waals surface area contributed by atoms with Crippen LogP contribution in [0.1, 0.15) is 17.3 Å².